The Bertz CT molecular complexity index is 1420. The van der Waals surface area contributed by atoms with Gasteiger partial charge in [0.2, 0.25) is 5.91 Å². The lowest BCUT2D eigenvalue weighted by atomic mass is 9.81. The Morgan fingerprint density at radius 2 is 1.60 bits per heavy atom. The molecule has 214 valence electrons. The van der Waals surface area contributed by atoms with Crippen LogP contribution in [0.4, 0.5) is 24.7 Å². The minimum atomic E-state index is -4.51. The summed E-state index contributed by atoms with van der Waals surface area (Å²) in [5, 5.41) is 10.4. The summed E-state index contributed by atoms with van der Waals surface area (Å²) >= 11 is 0. The molecule has 6 nitrogen and oxygen atoms in total. The van der Waals surface area contributed by atoms with Crippen LogP contribution in [-0.2, 0) is 23.4 Å². The van der Waals surface area contributed by atoms with E-state index in [1.165, 1.54) is 0 Å². The zero-order valence-corrected chi connectivity index (χ0v) is 24.3. The maximum atomic E-state index is 14.1. The third-order valence-corrected chi connectivity index (χ3v) is 8.02. The first kappa shape index (κ1) is 29.6. The number of amides is 1. The molecule has 0 bridgehead atoms. The topological polar surface area (TPSA) is 47.7 Å². The standard InChI is InChI=1S/C31H39F3N4O2/c1-21-16-23(18-24(17-21)31(32,33)34)30(3,4)29(39)36(6)27-20-35(5)28(37-12-14-38(7,40)15-13-37)19-26(27)25-11-9-8-10-22(25)2/h8-11,16-20,40H,12-15H2,1-7H3/q+2. The largest absolute Gasteiger partial charge is 0.416 e. The monoisotopic (exact) mass is 556 g/mol. The van der Waals surface area contributed by atoms with Gasteiger partial charge in [0.25, 0.3) is 5.82 Å². The van der Waals surface area contributed by atoms with Crippen molar-refractivity contribution in [2.45, 2.75) is 39.3 Å². The van der Waals surface area contributed by atoms with Crippen LogP contribution in [0.5, 0.6) is 0 Å². The molecular formula is C31H39F3N4O2+2. The Balaban J connectivity index is 1.80. The minimum Gasteiger partial charge on any atom is -0.311 e. The summed E-state index contributed by atoms with van der Waals surface area (Å²) in [5.41, 5.74) is 2.28. The number of quaternary nitrogens is 1. The molecule has 1 saturated heterocycles. The van der Waals surface area contributed by atoms with E-state index in [1.54, 1.807) is 45.8 Å². The third-order valence-electron chi connectivity index (χ3n) is 8.02. The predicted molar refractivity (Wildman–Crippen MR) is 150 cm³/mol. The quantitative estimate of drug-likeness (QED) is 0.338. The van der Waals surface area contributed by atoms with Gasteiger partial charge in [-0.15, -0.1) is 0 Å². The van der Waals surface area contributed by atoms with Crippen LogP contribution in [0.2, 0.25) is 0 Å². The Morgan fingerprint density at radius 3 is 2.20 bits per heavy atom. The number of carbonyl (C=O) groups excluding carboxylic acids is 1. The first-order valence-electron chi connectivity index (χ1n) is 13.4. The van der Waals surface area contributed by atoms with Gasteiger partial charge in [-0.25, -0.2) is 14.7 Å². The maximum Gasteiger partial charge on any atom is 0.416 e. The maximum absolute atomic E-state index is 14.1. The van der Waals surface area contributed by atoms with Gasteiger partial charge < -0.3 is 4.90 Å². The summed E-state index contributed by atoms with van der Waals surface area (Å²) in [7, 11) is 5.39. The average molecular weight is 557 g/mol. The van der Waals surface area contributed by atoms with E-state index >= 15 is 0 Å². The van der Waals surface area contributed by atoms with Crippen LogP contribution in [-0.4, -0.2) is 56.0 Å². The van der Waals surface area contributed by atoms with E-state index in [0.717, 1.165) is 34.6 Å². The minimum absolute atomic E-state index is 0.0235. The van der Waals surface area contributed by atoms with Crippen molar-refractivity contribution in [3.8, 4) is 11.1 Å². The lowest BCUT2D eigenvalue weighted by Gasteiger charge is -2.34. The number of hydroxylamine groups is 3. The molecule has 4 rings (SSSR count). The molecule has 1 aromatic heterocycles. The van der Waals surface area contributed by atoms with Gasteiger partial charge in [-0.2, -0.15) is 17.8 Å². The number of alkyl halides is 3. The molecule has 1 amide bonds. The van der Waals surface area contributed by atoms with Crippen molar-refractivity contribution >= 4 is 17.4 Å². The number of rotatable bonds is 5. The first-order chi connectivity index (χ1) is 18.5. The van der Waals surface area contributed by atoms with E-state index < -0.39 is 17.2 Å². The second-order valence-corrected chi connectivity index (χ2v) is 11.7. The summed E-state index contributed by atoms with van der Waals surface area (Å²) in [6.45, 7) is 9.47. The van der Waals surface area contributed by atoms with Crippen LogP contribution in [0.15, 0.2) is 54.7 Å². The molecule has 0 unspecified atom stereocenters. The molecule has 2 heterocycles. The zero-order chi connectivity index (χ0) is 29.6. The average Bonchev–Trinajstić information content (AvgIpc) is 2.87. The molecular weight excluding hydrogens is 517 g/mol. The normalized spacial score (nSPS) is 15.7. The fourth-order valence-corrected chi connectivity index (χ4v) is 5.38. The number of aromatic nitrogens is 1. The number of pyridine rings is 1. The molecule has 3 aromatic rings. The number of aryl methyl sites for hydroxylation is 3. The van der Waals surface area contributed by atoms with Crippen LogP contribution in [0.3, 0.4) is 0 Å². The summed E-state index contributed by atoms with van der Waals surface area (Å²) < 4.78 is 42.7. The number of nitrogens with zero attached hydrogens (tertiary/aromatic N) is 4. The van der Waals surface area contributed by atoms with Crippen molar-refractivity contribution in [2.24, 2.45) is 7.05 Å². The SMILES string of the molecule is Cc1cc(C(F)(F)F)cc(C(C)(C)C(=O)N(C)c2c[n+](C)c(N3CC[N+](C)(O)CC3)cc2-c2ccccc2C)c1. The van der Waals surface area contributed by atoms with Gasteiger partial charge in [0.05, 0.1) is 30.8 Å². The summed E-state index contributed by atoms with van der Waals surface area (Å²) in [6, 6.07) is 13.8. The van der Waals surface area contributed by atoms with Crippen molar-refractivity contribution in [1.82, 2.24) is 0 Å². The lowest BCUT2D eigenvalue weighted by molar-refractivity contribution is -1.09. The van der Waals surface area contributed by atoms with Crippen LogP contribution in [0.25, 0.3) is 11.1 Å². The molecule has 1 N–H and O–H groups in total. The number of likely N-dealkylation sites (N-methyl/N-ethyl adjacent to an activating group) is 2. The highest BCUT2D eigenvalue weighted by Crippen LogP contribution is 2.38. The Labute approximate surface area is 234 Å². The van der Waals surface area contributed by atoms with Gasteiger partial charge in [-0.05, 0) is 56.5 Å². The Hall–Kier alpha value is -3.43. The van der Waals surface area contributed by atoms with E-state index in [-0.39, 0.29) is 10.6 Å². The van der Waals surface area contributed by atoms with E-state index in [9.17, 15) is 23.2 Å². The molecule has 9 heteroatoms. The second-order valence-electron chi connectivity index (χ2n) is 11.7. The van der Waals surface area contributed by atoms with Crippen molar-refractivity contribution in [3.63, 3.8) is 0 Å². The lowest BCUT2D eigenvalue weighted by Crippen LogP contribution is -2.57. The number of hydrogen-bond acceptors (Lipinski definition) is 3. The van der Waals surface area contributed by atoms with E-state index in [2.05, 4.69) is 11.0 Å². The Kier molecular flexibility index (Phi) is 7.77. The van der Waals surface area contributed by atoms with Crippen molar-refractivity contribution in [1.29, 1.82) is 0 Å². The van der Waals surface area contributed by atoms with Gasteiger partial charge in [-0.1, -0.05) is 35.9 Å². The van der Waals surface area contributed by atoms with Gasteiger partial charge in [0.1, 0.15) is 32.4 Å². The highest BCUT2D eigenvalue weighted by molar-refractivity contribution is 6.03. The fourth-order valence-electron chi connectivity index (χ4n) is 5.38. The van der Waals surface area contributed by atoms with Gasteiger partial charge in [0, 0.05) is 18.7 Å². The van der Waals surface area contributed by atoms with Gasteiger partial charge >= 0.3 is 6.18 Å². The number of anilines is 2. The number of halogens is 3. The number of hydrogen-bond donors (Lipinski definition) is 1. The van der Waals surface area contributed by atoms with Crippen LogP contribution >= 0.6 is 0 Å². The predicted octanol–water partition coefficient (Wildman–Crippen LogP) is 5.41. The van der Waals surface area contributed by atoms with E-state index in [4.69, 9.17) is 0 Å². The van der Waals surface area contributed by atoms with Crippen molar-refractivity contribution < 1.29 is 32.4 Å². The highest BCUT2D eigenvalue weighted by Gasteiger charge is 2.39. The Morgan fingerprint density at radius 1 is 1.00 bits per heavy atom. The molecule has 0 aliphatic carbocycles. The summed E-state index contributed by atoms with van der Waals surface area (Å²) in [5.74, 6) is 0.635. The number of carbonyl (C=O) groups is 1. The number of benzene rings is 2. The van der Waals surface area contributed by atoms with E-state index in [1.807, 2.05) is 49.0 Å². The van der Waals surface area contributed by atoms with Gasteiger partial charge in [0.15, 0.2) is 0 Å². The molecule has 1 aliphatic heterocycles. The number of piperazine rings is 1. The third kappa shape index (κ3) is 5.86. The van der Waals surface area contributed by atoms with Crippen molar-refractivity contribution in [2.75, 3.05) is 50.1 Å². The zero-order valence-electron chi connectivity index (χ0n) is 24.3. The molecule has 0 radical (unpaired) electrons. The molecule has 1 fully saturated rings. The summed E-state index contributed by atoms with van der Waals surface area (Å²) in [6.07, 6.45) is -2.60. The molecule has 1 aliphatic rings. The van der Waals surface area contributed by atoms with E-state index in [0.29, 0.717) is 43.0 Å². The van der Waals surface area contributed by atoms with Crippen LogP contribution in [0.1, 0.15) is 36.1 Å². The van der Waals surface area contributed by atoms with Crippen molar-refractivity contribution in [3.05, 3.63) is 77.0 Å². The first-order valence-corrected chi connectivity index (χ1v) is 13.4. The van der Waals surface area contributed by atoms with Crippen LogP contribution in [0, 0.1) is 13.8 Å². The molecule has 0 spiro atoms. The van der Waals surface area contributed by atoms with Gasteiger partial charge in [-0.3, -0.25) is 4.79 Å². The van der Waals surface area contributed by atoms with Crippen LogP contribution < -0.4 is 14.4 Å². The smallest absolute Gasteiger partial charge is 0.311 e. The molecule has 2 aromatic carbocycles. The molecule has 0 atom stereocenters. The molecule has 40 heavy (non-hydrogen) atoms. The fraction of sp³-hybridized carbons (Fsp3) is 0.419. The second kappa shape index (κ2) is 10.5. The summed E-state index contributed by atoms with van der Waals surface area (Å²) in [4.78, 5) is 17.8. The molecule has 0 saturated carbocycles. The highest BCUT2D eigenvalue weighted by atomic mass is 19.4.